The Morgan fingerprint density at radius 2 is 1.15 bits per heavy atom. The van der Waals surface area contributed by atoms with Crippen LogP contribution in [0.25, 0.3) is 55.0 Å². The maximum atomic E-state index is 6.91. The molecule has 5 nitrogen and oxygen atoms in total. The molecule has 0 fully saturated rings. The first kappa shape index (κ1) is 30.1. The highest BCUT2D eigenvalue weighted by Crippen LogP contribution is 2.46. The molecule has 0 unspecified atom stereocenters. The number of benzene rings is 7. The highest BCUT2D eigenvalue weighted by molar-refractivity contribution is 6.26. The first-order chi connectivity index (χ1) is 25.7. The summed E-state index contributed by atoms with van der Waals surface area (Å²) in [6, 6.07) is 57.6. The highest BCUT2D eigenvalue weighted by atomic mass is 15.0. The molecule has 0 radical (unpaired) electrons. The topological polar surface area (TPSA) is 60.6 Å². The standard InChI is InChI=1S/C47H35N5/c48-46(50-47(33-16-6-2-7-17-33)49-30-31-14-4-1-5-15-31)35-19-12-22-37(28-35)52-41-25-13-18-32-26-27-34-29-39-38-23-10-11-24-40(38)51(36-20-8-3-9-21-36)44(39)45(52)43(34)42(32)41/h1-25,28-29H,26-27,30H2,(H2,48,49,50). The maximum Gasteiger partial charge on any atom is 0.157 e. The largest absolute Gasteiger partial charge is 0.383 e. The van der Waals surface area contributed by atoms with Gasteiger partial charge in [-0.2, -0.15) is 0 Å². The number of hydrogen-bond donors (Lipinski definition) is 1. The predicted octanol–water partition coefficient (Wildman–Crippen LogP) is 10.3. The molecule has 0 saturated heterocycles. The molecule has 52 heavy (non-hydrogen) atoms. The summed E-state index contributed by atoms with van der Waals surface area (Å²) in [5, 5.41) is 5.22. The summed E-state index contributed by atoms with van der Waals surface area (Å²) in [6.45, 7) is 0.513. The van der Waals surface area contributed by atoms with E-state index in [4.69, 9.17) is 15.7 Å². The van der Waals surface area contributed by atoms with Crippen LogP contribution in [0.15, 0.2) is 174 Å². The van der Waals surface area contributed by atoms with Gasteiger partial charge in [-0.3, -0.25) is 4.99 Å². The lowest BCUT2D eigenvalue weighted by atomic mass is 9.90. The summed E-state index contributed by atoms with van der Waals surface area (Å²) >= 11 is 0. The molecule has 2 heterocycles. The van der Waals surface area contributed by atoms with Gasteiger partial charge < -0.3 is 14.9 Å². The summed E-state index contributed by atoms with van der Waals surface area (Å²) in [4.78, 5) is 9.93. The molecule has 2 N–H and O–H groups in total. The lowest BCUT2D eigenvalue weighted by Crippen LogP contribution is -2.17. The van der Waals surface area contributed by atoms with Crippen molar-refractivity contribution in [2.75, 3.05) is 0 Å². The van der Waals surface area contributed by atoms with Crippen molar-refractivity contribution in [3.8, 4) is 11.4 Å². The fourth-order valence-corrected chi connectivity index (χ4v) is 8.14. The zero-order valence-electron chi connectivity index (χ0n) is 28.6. The second-order valence-corrected chi connectivity index (χ2v) is 13.5. The number of nitrogens with zero attached hydrogens (tertiary/aromatic N) is 4. The van der Waals surface area contributed by atoms with Gasteiger partial charge in [0.25, 0.3) is 0 Å². The molecule has 9 aromatic rings. The molecule has 0 aliphatic heterocycles. The summed E-state index contributed by atoms with van der Waals surface area (Å²) in [7, 11) is 0. The minimum absolute atomic E-state index is 0.424. The van der Waals surface area contributed by atoms with Gasteiger partial charge in [0, 0.05) is 44.0 Å². The number of rotatable bonds is 6. The summed E-state index contributed by atoms with van der Waals surface area (Å²) in [5.41, 5.74) is 19.6. The Balaban J connectivity index is 1.22. The van der Waals surface area contributed by atoms with Crippen LogP contribution >= 0.6 is 0 Å². The normalized spacial score (nSPS) is 13.2. The fraction of sp³-hybridized carbons (Fsp3) is 0.0638. The van der Waals surface area contributed by atoms with E-state index in [0.29, 0.717) is 18.2 Å². The quantitative estimate of drug-likeness (QED) is 0.139. The number of amidine groups is 2. The van der Waals surface area contributed by atoms with Crippen LogP contribution in [0.3, 0.4) is 0 Å². The number of fused-ring (bicyclic) bond motifs is 4. The first-order valence-electron chi connectivity index (χ1n) is 17.9. The minimum Gasteiger partial charge on any atom is -0.383 e. The van der Waals surface area contributed by atoms with Gasteiger partial charge >= 0.3 is 0 Å². The van der Waals surface area contributed by atoms with Crippen molar-refractivity contribution in [3.63, 3.8) is 0 Å². The molecule has 10 rings (SSSR count). The Morgan fingerprint density at radius 1 is 0.519 bits per heavy atom. The van der Waals surface area contributed by atoms with Gasteiger partial charge in [-0.05, 0) is 72.0 Å². The van der Waals surface area contributed by atoms with Crippen LogP contribution in [-0.4, -0.2) is 20.8 Å². The van der Waals surface area contributed by atoms with Crippen molar-refractivity contribution in [2.45, 2.75) is 19.4 Å². The van der Waals surface area contributed by atoms with Crippen molar-refractivity contribution in [1.29, 1.82) is 0 Å². The van der Waals surface area contributed by atoms with Crippen molar-refractivity contribution >= 4 is 55.3 Å². The monoisotopic (exact) mass is 669 g/mol. The van der Waals surface area contributed by atoms with E-state index in [0.717, 1.165) is 40.9 Å². The van der Waals surface area contributed by atoms with E-state index in [1.807, 2.05) is 54.6 Å². The average molecular weight is 670 g/mol. The van der Waals surface area contributed by atoms with Crippen molar-refractivity contribution in [1.82, 2.24) is 9.13 Å². The molecule has 0 spiro atoms. The fourth-order valence-electron chi connectivity index (χ4n) is 8.14. The third kappa shape index (κ3) is 4.85. The molecule has 248 valence electrons. The van der Waals surface area contributed by atoms with Gasteiger partial charge in [-0.25, -0.2) is 4.99 Å². The smallest absolute Gasteiger partial charge is 0.157 e. The summed E-state index contributed by atoms with van der Waals surface area (Å²) < 4.78 is 4.91. The molecule has 0 atom stereocenters. The molecule has 1 aliphatic carbocycles. The number of aromatic nitrogens is 2. The van der Waals surface area contributed by atoms with Crippen LogP contribution in [0, 0.1) is 0 Å². The van der Waals surface area contributed by atoms with Gasteiger partial charge in [-0.15, -0.1) is 0 Å². The number of para-hydroxylation sites is 2. The molecule has 5 heteroatoms. The molecule has 7 aromatic carbocycles. The van der Waals surface area contributed by atoms with E-state index in [1.54, 1.807) is 0 Å². The number of aliphatic imine (C=N–C) groups is 2. The Labute approximate surface area is 301 Å². The maximum absolute atomic E-state index is 6.91. The van der Waals surface area contributed by atoms with Crippen molar-refractivity contribution < 1.29 is 0 Å². The van der Waals surface area contributed by atoms with E-state index in [1.165, 1.54) is 54.7 Å². The molecule has 0 bridgehead atoms. The van der Waals surface area contributed by atoms with E-state index < -0.39 is 0 Å². The predicted molar refractivity (Wildman–Crippen MR) is 216 cm³/mol. The number of hydrogen-bond acceptors (Lipinski definition) is 1. The Kier molecular flexibility index (Phi) is 7.10. The molecular formula is C47H35N5. The third-order valence-corrected chi connectivity index (χ3v) is 10.4. The minimum atomic E-state index is 0.424. The van der Waals surface area contributed by atoms with Crippen molar-refractivity contribution in [3.05, 3.63) is 192 Å². The lowest BCUT2D eigenvalue weighted by molar-refractivity contribution is 0.971. The van der Waals surface area contributed by atoms with Gasteiger partial charge in [-0.1, -0.05) is 121 Å². The van der Waals surface area contributed by atoms with Crippen LogP contribution in [-0.2, 0) is 19.4 Å². The van der Waals surface area contributed by atoms with E-state index in [-0.39, 0.29) is 0 Å². The molecule has 0 saturated carbocycles. The molecule has 2 aromatic heterocycles. The molecule has 1 aliphatic rings. The molecular weight excluding hydrogens is 635 g/mol. The third-order valence-electron chi connectivity index (χ3n) is 10.4. The van der Waals surface area contributed by atoms with E-state index in [2.05, 4.69) is 118 Å². The second kappa shape index (κ2) is 12.3. The zero-order chi connectivity index (χ0) is 34.6. The highest BCUT2D eigenvalue weighted by Gasteiger charge is 2.27. The zero-order valence-corrected chi connectivity index (χ0v) is 28.6. The molecule has 0 amide bonds. The first-order valence-corrected chi connectivity index (χ1v) is 17.9. The lowest BCUT2D eigenvalue weighted by Gasteiger charge is -2.15. The van der Waals surface area contributed by atoms with Crippen molar-refractivity contribution in [2.24, 2.45) is 15.7 Å². The van der Waals surface area contributed by atoms with Gasteiger partial charge in [0.05, 0.1) is 28.6 Å². The van der Waals surface area contributed by atoms with Crippen LogP contribution in [0.1, 0.15) is 27.8 Å². The van der Waals surface area contributed by atoms with Gasteiger partial charge in [0.15, 0.2) is 5.84 Å². The number of nitrogens with two attached hydrogens (primary N) is 1. The Hall–Kier alpha value is -6.72. The average Bonchev–Trinajstić information content (AvgIpc) is 3.73. The van der Waals surface area contributed by atoms with Gasteiger partial charge in [0.1, 0.15) is 5.84 Å². The van der Waals surface area contributed by atoms with Gasteiger partial charge in [0.2, 0.25) is 0 Å². The Morgan fingerprint density at radius 3 is 1.98 bits per heavy atom. The van der Waals surface area contributed by atoms with Crippen LogP contribution < -0.4 is 5.73 Å². The van der Waals surface area contributed by atoms with E-state index >= 15 is 0 Å². The SMILES string of the molecule is NC(=NC(=NCc1ccccc1)c1ccccc1)c1cccc(-n2c3cccc4c3c3c(cc5c6ccccc6n(-c6ccccc6)c5c32)CC4)c1. The second-order valence-electron chi connectivity index (χ2n) is 13.5. The number of aryl methyl sites for hydroxylation is 2. The Bertz CT molecular complexity index is 2860. The van der Waals surface area contributed by atoms with Crippen LogP contribution in [0.4, 0.5) is 0 Å². The summed E-state index contributed by atoms with van der Waals surface area (Å²) in [5.74, 6) is 1.03. The van der Waals surface area contributed by atoms with Crippen LogP contribution in [0.5, 0.6) is 0 Å². The van der Waals surface area contributed by atoms with E-state index in [9.17, 15) is 0 Å². The summed E-state index contributed by atoms with van der Waals surface area (Å²) in [6.07, 6.45) is 2.04. The van der Waals surface area contributed by atoms with Crippen LogP contribution in [0.2, 0.25) is 0 Å².